The lowest BCUT2D eigenvalue weighted by molar-refractivity contribution is 0.112. The third-order valence-electron chi connectivity index (χ3n) is 2.38. The number of methoxy groups -OCH3 is 1. The zero-order valence-electron chi connectivity index (χ0n) is 9.18. The van der Waals surface area contributed by atoms with Gasteiger partial charge >= 0.3 is 0 Å². The van der Waals surface area contributed by atoms with Crippen LogP contribution >= 0.6 is 0 Å². The van der Waals surface area contributed by atoms with E-state index in [0.29, 0.717) is 22.4 Å². The second-order valence-electron chi connectivity index (χ2n) is 3.47. The van der Waals surface area contributed by atoms with Crippen LogP contribution in [-0.2, 0) is 0 Å². The van der Waals surface area contributed by atoms with Crippen molar-refractivity contribution in [3.8, 4) is 16.9 Å². The van der Waals surface area contributed by atoms with Crippen LogP contribution < -0.4 is 4.74 Å². The second-order valence-corrected chi connectivity index (χ2v) is 3.47. The fourth-order valence-corrected chi connectivity index (χ4v) is 1.58. The van der Waals surface area contributed by atoms with Crippen LogP contribution in [0.4, 0.5) is 4.39 Å². The summed E-state index contributed by atoms with van der Waals surface area (Å²) in [5.74, 6) is 0.143. The van der Waals surface area contributed by atoms with Gasteiger partial charge in [-0.15, -0.1) is 0 Å². The van der Waals surface area contributed by atoms with E-state index in [1.807, 2.05) is 0 Å². The number of aldehydes is 1. The molecule has 0 N–H and O–H groups in total. The maximum absolute atomic E-state index is 13.1. The lowest BCUT2D eigenvalue weighted by atomic mass is 10.0. The molecule has 0 aliphatic heterocycles. The Balaban J connectivity index is 2.59. The van der Waals surface area contributed by atoms with Crippen LogP contribution in [-0.4, -0.2) is 18.4 Å². The smallest absolute Gasteiger partial charge is 0.150 e. The van der Waals surface area contributed by atoms with Crippen molar-refractivity contribution in [2.45, 2.75) is 0 Å². The first-order chi connectivity index (χ1) is 8.24. The normalized spacial score (nSPS) is 10.0. The van der Waals surface area contributed by atoms with Crippen LogP contribution in [0.15, 0.2) is 36.7 Å². The van der Waals surface area contributed by atoms with Crippen molar-refractivity contribution >= 4 is 6.29 Å². The maximum atomic E-state index is 13.1. The van der Waals surface area contributed by atoms with E-state index in [-0.39, 0.29) is 0 Å². The van der Waals surface area contributed by atoms with Crippen LogP contribution in [0.2, 0.25) is 0 Å². The van der Waals surface area contributed by atoms with Gasteiger partial charge in [-0.2, -0.15) is 0 Å². The number of hydrogen-bond donors (Lipinski definition) is 0. The first-order valence-corrected chi connectivity index (χ1v) is 4.98. The predicted octanol–water partition coefficient (Wildman–Crippen LogP) is 2.71. The van der Waals surface area contributed by atoms with Crippen molar-refractivity contribution in [2.24, 2.45) is 0 Å². The van der Waals surface area contributed by atoms with Crippen LogP contribution in [0.3, 0.4) is 0 Å². The van der Waals surface area contributed by atoms with E-state index >= 15 is 0 Å². The van der Waals surface area contributed by atoms with Gasteiger partial charge in [0.05, 0.1) is 13.3 Å². The molecule has 0 spiro atoms. The molecule has 1 heterocycles. The molecule has 0 unspecified atom stereocenters. The number of rotatable bonds is 3. The van der Waals surface area contributed by atoms with Crippen molar-refractivity contribution in [1.82, 2.24) is 4.98 Å². The summed E-state index contributed by atoms with van der Waals surface area (Å²) in [6, 6.07) is 6.30. The maximum Gasteiger partial charge on any atom is 0.150 e. The number of carbonyl (C=O) groups excluding carboxylic acids is 1. The molecule has 3 nitrogen and oxygen atoms in total. The van der Waals surface area contributed by atoms with Crippen LogP contribution in [0.5, 0.6) is 5.75 Å². The Kier molecular flexibility index (Phi) is 3.14. The van der Waals surface area contributed by atoms with Gasteiger partial charge in [0.2, 0.25) is 0 Å². The zero-order valence-corrected chi connectivity index (χ0v) is 9.18. The Morgan fingerprint density at radius 3 is 2.76 bits per heavy atom. The molecule has 0 radical (unpaired) electrons. The SMILES string of the molecule is COc1ccc(C=O)cc1-c1cncc(F)c1. The highest BCUT2D eigenvalue weighted by Gasteiger charge is 2.08. The number of aromatic nitrogens is 1. The molecule has 17 heavy (non-hydrogen) atoms. The van der Waals surface area contributed by atoms with Gasteiger partial charge in [0.25, 0.3) is 0 Å². The zero-order chi connectivity index (χ0) is 12.3. The lowest BCUT2D eigenvalue weighted by Crippen LogP contribution is -1.91. The largest absolute Gasteiger partial charge is 0.496 e. The number of carbonyl (C=O) groups is 1. The first kappa shape index (κ1) is 11.3. The van der Waals surface area contributed by atoms with Gasteiger partial charge in [0.15, 0.2) is 0 Å². The topological polar surface area (TPSA) is 39.2 Å². The van der Waals surface area contributed by atoms with Crippen molar-refractivity contribution in [3.63, 3.8) is 0 Å². The molecule has 4 heteroatoms. The van der Waals surface area contributed by atoms with E-state index in [0.717, 1.165) is 12.5 Å². The van der Waals surface area contributed by atoms with Gasteiger partial charge in [0, 0.05) is 22.9 Å². The fraction of sp³-hybridized carbons (Fsp3) is 0.0769. The van der Waals surface area contributed by atoms with Gasteiger partial charge < -0.3 is 4.74 Å². The number of nitrogens with zero attached hydrogens (tertiary/aromatic N) is 1. The molecule has 0 aliphatic carbocycles. The molecule has 0 saturated heterocycles. The molecule has 0 saturated carbocycles. The predicted molar refractivity (Wildman–Crippen MR) is 61.6 cm³/mol. The van der Waals surface area contributed by atoms with Crippen molar-refractivity contribution in [3.05, 3.63) is 48.0 Å². The average Bonchev–Trinajstić information content (AvgIpc) is 2.38. The van der Waals surface area contributed by atoms with Gasteiger partial charge in [-0.3, -0.25) is 9.78 Å². The standard InChI is InChI=1S/C13H10FNO2/c1-17-13-3-2-9(8-16)4-12(13)10-5-11(14)7-15-6-10/h2-8H,1H3. The Morgan fingerprint density at radius 2 is 2.12 bits per heavy atom. The Morgan fingerprint density at radius 1 is 1.29 bits per heavy atom. The number of hydrogen-bond acceptors (Lipinski definition) is 3. The number of pyridine rings is 1. The van der Waals surface area contributed by atoms with Crippen LogP contribution in [0.1, 0.15) is 10.4 Å². The lowest BCUT2D eigenvalue weighted by Gasteiger charge is -2.08. The monoisotopic (exact) mass is 231 g/mol. The quantitative estimate of drug-likeness (QED) is 0.762. The number of halogens is 1. The number of ether oxygens (including phenoxy) is 1. The molecular weight excluding hydrogens is 221 g/mol. The van der Waals surface area contributed by atoms with Crippen molar-refractivity contribution in [1.29, 1.82) is 0 Å². The third-order valence-corrected chi connectivity index (χ3v) is 2.38. The van der Waals surface area contributed by atoms with Gasteiger partial charge in [0.1, 0.15) is 17.9 Å². The van der Waals surface area contributed by atoms with E-state index < -0.39 is 5.82 Å². The Labute approximate surface area is 97.9 Å². The van der Waals surface area contributed by atoms with Gasteiger partial charge in [-0.05, 0) is 24.3 Å². The summed E-state index contributed by atoms with van der Waals surface area (Å²) in [6.45, 7) is 0. The molecular formula is C13H10FNO2. The summed E-state index contributed by atoms with van der Waals surface area (Å²) in [7, 11) is 1.52. The Bertz CT molecular complexity index is 555. The van der Waals surface area contributed by atoms with E-state index in [1.165, 1.54) is 19.4 Å². The summed E-state index contributed by atoms with van der Waals surface area (Å²) >= 11 is 0. The highest BCUT2D eigenvalue weighted by molar-refractivity contribution is 5.81. The van der Waals surface area contributed by atoms with E-state index in [2.05, 4.69) is 4.98 Å². The molecule has 0 atom stereocenters. The van der Waals surface area contributed by atoms with Crippen molar-refractivity contribution in [2.75, 3.05) is 7.11 Å². The van der Waals surface area contributed by atoms with Gasteiger partial charge in [-0.25, -0.2) is 4.39 Å². The fourth-order valence-electron chi connectivity index (χ4n) is 1.58. The molecule has 2 aromatic rings. The van der Waals surface area contributed by atoms with E-state index in [4.69, 9.17) is 4.74 Å². The molecule has 0 aliphatic rings. The highest BCUT2D eigenvalue weighted by Crippen LogP contribution is 2.30. The minimum atomic E-state index is -0.430. The highest BCUT2D eigenvalue weighted by atomic mass is 19.1. The average molecular weight is 231 g/mol. The molecule has 0 bridgehead atoms. The Hall–Kier alpha value is -2.23. The van der Waals surface area contributed by atoms with E-state index in [9.17, 15) is 9.18 Å². The van der Waals surface area contributed by atoms with Crippen LogP contribution in [0.25, 0.3) is 11.1 Å². The third kappa shape index (κ3) is 2.30. The first-order valence-electron chi connectivity index (χ1n) is 4.98. The molecule has 0 fully saturated rings. The van der Waals surface area contributed by atoms with E-state index in [1.54, 1.807) is 18.2 Å². The summed E-state index contributed by atoms with van der Waals surface area (Å²) in [5.41, 5.74) is 1.72. The van der Waals surface area contributed by atoms with Gasteiger partial charge in [-0.1, -0.05) is 0 Å². The summed E-state index contributed by atoms with van der Waals surface area (Å²) in [4.78, 5) is 14.5. The summed E-state index contributed by atoms with van der Waals surface area (Å²) in [5, 5.41) is 0. The summed E-state index contributed by atoms with van der Waals surface area (Å²) < 4.78 is 18.3. The molecule has 0 amide bonds. The minimum absolute atomic E-state index is 0.430. The molecule has 86 valence electrons. The molecule has 1 aromatic heterocycles. The number of benzene rings is 1. The minimum Gasteiger partial charge on any atom is -0.496 e. The summed E-state index contributed by atoms with van der Waals surface area (Å²) in [6.07, 6.45) is 3.38. The molecule has 1 aromatic carbocycles. The van der Waals surface area contributed by atoms with Crippen molar-refractivity contribution < 1.29 is 13.9 Å². The molecule has 2 rings (SSSR count). The second kappa shape index (κ2) is 4.74. The van der Waals surface area contributed by atoms with Crippen LogP contribution in [0, 0.1) is 5.82 Å².